The van der Waals surface area contributed by atoms with Crippen molar-refractivity contribution in [2.24, 2.45) is 3.77 Å². The maximum atomic E-state index is 12.6. The Morgan fingerprint density at radius 3 is 2.21 bits per heavy atom. The molecule has 0 spiro atoms. The van der Waals surface area contributed by atoms with E-state index in [1.807, 2.05) is 61.5 Å². The van der Waals surface area contributed by atoms with Crippen LogP contribution < -0.4 is 10.6 Å². The molecule has 4 aromatic rings. The summed E-state index contributed by atoms with van der Waals surface area (Å²) in [4.78, 5) is 9.86. The summed E-state index contributed by atoms with van der Waals surface area (Å²) >= 11 is 3.47. The van der Waals surface area contributed by atoms with Crippen molar-refractivity contribution in [3.05, 3.63) is 95.1 Å². The van der Waals surface area contributed by atoms with Gasteiger partial charge in [-0.2, -0.15) is 13.4 Å². The zero-order valence-corrected chi connectivity index (χ0v) is 21.7. The smallest absolute Gasteiger partial charge is 0.288 e. The lowest BCUT2D eigenvalue weighted by atomic mass is 10.2. The molecule has 0 fully saturated rings. The molecule has 0 radical (unpaired) electrons. The Morgan fingerprint density at radius 1 is 0.882 bits per heavy atom. The van der Waals surface area contributed by atoms with E-state index in [4.69, 9.17) is 0 Å². The molecule has 0 aliphatic rings. The third kappa shape index (κ3) is 6.07. The van der Waals surface area contributed by atoms with Crippen molar-refractivity contribution in [2.75, 3.05) is 16.9 Å². The van der Waals surface area contributed by atoms with Crippen LogP contribution in [0.3, 0.4) is 0 Å². The number of rotatable bonds is 7. The van der Waals surface area contributed by atoms with Crippen molar-refractivity contribution in [1.82, 2.24) is 9.97 Å². The fourth-order valence-corrected chi connectivity index (χ4v) is 6.15. The summed E-state index contributed by atoms with van der Waals surface area (Å²) in [6, 6.07) is 23.8. The largest absolute Gasteiger partial charge is 0.339 e. The number of sulfonamides is 1. The molecule has 0 saturated carbocycles. The zero-order chi connectivity index (χ0) is 24.1. The van der Waals surface area contributed by atoms with E-state index < -0.39 is 20.7 Å². The van der Waals surface area contributed by atoms with E-state index in [1.54, 1.807) is 36.7 Å². The topological polar surface area (TPSA) is 96.3 Å². The highest BCUT2D eigenvalue weighted by atomic mass is 79.9. The van der Waals surface area contributed by atoms with E-state index in [1.165, 1.54) is 0 Å². The molecule has 0 bridgehead atoms. The Hall–Kier alpha value is -3.08. The summed E-state index contributed by atoms with van der Waals surface area (Å²) in [7, 11) is -4.56. The molecule has 1 heterocycles. The average Bonchev–Trinajstić information content (AvgIpc) is 2.82. The van der Waals surface area contributed by atoms with Gasteiger partial charge in [-0.1, -0.05) is 46.6 Å². The maximum absolute atomic E-state index is 12.6. The van der Waals surface area contributed by atoms with Gasteiger partial charge < -0.3 is 10.6 Å². The Labute approximate surface area is 210 Å². The van der Waals surface area contributed by atoms with Gasteiger partial charge in [0, 0.05) is 22.5 Å². The van der Waals surface area contributed by atoms with Crippen LogP contribution in [0.5, 0.6) is 0 Å². The van der Waals surface area contributed by atoms with Crippen LogP contribution in [-0.2, 0) is 20.7 Å². The standard InChI is InChI=1S/C24H22BrN5O2S2/c1-17-8-14-21(15-9-17)34(31,32)30-33(2)20-12-10-19(11-13-20)28-24-26-16-22(25)23(29-24)27-18-6-4-3-5-7-18/h3-16H,1-2H3,(H2,26,27,28,29)/t33-/m0/s1. The van der Waals surface area contributed by atoms with Crippen molar-refractivity contribution >= 4 is 59.8 Å². The molecule has 0 aliphatic heterocycles. The van der Waals surface area contributed by atoms with Gasteiger partial charge in [-0.25, -0.2) is 4.98 Å². The van der Waals surface area contributed by atoms with Gasteiger partial charge in [0.1, 0.15) is 5.82 Å². The lowest BCUT2D eigenvalue weighted by Gasteiger charge is -2.11. The lowest BCUT2D eigenvalue weighted by Crippen LogP contribution is -2.02. The first-order chi connectivity index (χ1) is 16.3. The molecule has 0 unspecified atom stereocenters. The number of aryl methyl sites for hydroxylation is 1. The molecule has 1 aromatic heterocycles. The van der Waals surface area contributed by atoms with Crippen LogP contribution in [-0.4, -0.2) is 24.6 Å². The molecule has 0 amide bonds. The molecule has 10 heteroatoms. The number of aromatic nitrogens is 2. The second-order valence-electron chi connectivity index (χ2n) is 7.37. The van der Waals surface area contributed by atoms with E-state index >= 15 is 0 Å². The first-order valence-corrected chi connectivity index (χ1v) is 14.0. The second kappa shape index (κ2) is 10.5. The summed E-state index contributed by atoms with van der Waals surface area (Å²) < 4.78 is 30.1. The summed E-state index contributed by atoms with van der Waals surface area (Å²) in [6.45, 7) is 1.91. The normalized spacial score (nSPS) is 12.3. The van der Waals surface area contributed by atoms with E-state index in [9.17, 15) is 8.42 Å². The SMILES string of the molecule is Cc1ccc(S(=O)(=O)N=[S@@](C)c2ccc(Nc3ncc(Br)c(Nc4ccccc4)n3)cc2)cc1. The molecule has 0 saturated heterocycles. The molecule has 3 aromatic carbocycles. The van der Waals surface area contributed by atoms with Gasteiger partial charge in [0.25, 0.3) is 10.0 Å². The van der Waals surface area contributed by atoms with E-state index in [0.717, 1.165) is 26.3 Å². The fraction of sp³-hybridized carbons (Fsp3) is 0.0833. The summed E-state index contributed by atoms with van der Waals surface area (Å²) in [6.07, 6.45) is 3.46. The third-order valence-corrected chi connectivity index (χ3v) is 8.84. The minimum Gasteiger partial charge on any atom is -0.339 e. The van der Waals surface area contributed by atoms with Crippen molar-refractivity contribution in [3.8, 4) is 0 Å². The molecule has 0 aliphatic carbocycles. The summed E-state index contributed by atoms with van der Waals surface area (Å²) in [5.41, 5.74) is 2.68. The van der Waals surface area contributed by atoms with Crippen LogP contribution in [0.15, 0.2) is 103 Å². The first-order valence-electron chi connectivity index (χ1n) is 10.2. The Kier molecular flexibility index (Phi) is 7.40. The molecular weight excluding hydrogens is 534 g/mol. The number of anilines is 4. The predicted molar refractivity (Wildman–Crippen MR) is 142 cm³/mol. The van der Waals surface area contributed by atoms with Crippen LogP contribution in [0.25, 0.3) is 0 Å². The highest BCUT2D eigenvalue weighted by Gasteiger charge is 2.13. The highest BCUT2D eigenvalue weighted by molar-refractivity contribution is 9.10. The monoisotopic (exact) mass is 555 g/mol. The molecule has 4 rings (SSSR count). The van der Waals surface area contributed by atoms with Crippen molar-refractivity contribution in [2.45, 2.75) is 16.7 Å². The predicted octanol–water partition coefficient (Wildman–Crippen LogP) is 6.21. The Balaban J connectivity index is 1.49. The summed E-state index contributed by atoms with van der Waals surface area (Å²) in [5.74, 6) is 1.06. The number of para-hydroxylation sites is 1. The number of hydrogen-bond acceptors (Lipinski definition) is 6. The number of halogens is 1. The van der Waals surface area contributed by atoms with Gasteiger partial charge in [0.2, 0.25) is 5.95 Å². The average molecular weight is 557 g/mol. The van der Waals surface area contributed by atoms with Gasteiger partial charge in [-0.15, -0.1) is 3.77 Å². The molecule has 174 valence electrons. The third-order valence-electron chi connectivity index (χ3n) is 4.76. The van der Waals surface area contributed by atoms with Crippen LogP contribution >= 0.6 is 15.9 Å². The number of nitrogens with one attached hydrogen (secondary N) is 2. The lowest BCUT2D eigenvalue weighted by molar-refractivity contribution is 0.598. The van der Waals surface area contributed by atoms with Crippen LogP contribution in [0.1, 0.15) is 5.56 Å². The number of hydrogen-bond donors (Lipinski definition) is 2. The van der Waals surface area contributed by atoms with Crippen LogP contribution in [0.4, 0.5) is 23.1 Å². The van der Waals surface area contributed by atoms with E-state index in [0.29, 0.717) is 11.8 Å². The van der Waals surface area contributed by atoms with Gasteiger partial charge in [-0.3, -0.25) is 0 Å². The molecule has 1 atom stereocenters. The fourth-order valence-electron chi connectivity index (χ4n) is 2.98. The molecular formula is C24H22BrN5O2S2. The van der Waals surface area contributed by atoms with Crippen LogP contribution in [0, 0.1) is 6.92 Å². The van der Waals surface area contributed by atoms with Gasteiger partial charge in [-0.05, 0) is 77.6 Å². The van der Waals surface area contributed by atoms with Gasteiger partial charge in [0.05, 0.1) is 9.37 Å². The van der Waals surface area contributed by atoms with Crippen molar-refractivity contribution in [3.63, 3.8) is 0 Å². The summed E-state index contributed by atoms with van der Waals surface area (Å²) in [5, 5.41) is 6.43. The minimum absolute atomic E-state index is 0.197. The highest BCUT2D eigenvalue weighted by Crippen LogP contribution is 2.25. The van der Waals surface area contributed by atoms with Gasteiger partial charge in [0.15, 0.2) is 0 Å². The van der Waals surface area contributed by atoms with Crippen LogP contribution in [0.2, 0.25) is 0 Å². The first kappa shape index (κ1) is 24.1. The second-order valence-corrected chi connectivity index (χ2v) is 11.7. The molecule has 2 N–H and O–H groups in total. The van der Waals surface area contributed by atoms with E-state index in [-0.39, 0.29) is 4.90 Å². The molecule has 7 nitrogen and oxygen atoms in total. The Bertz CT molecular complexity index is 1430. The Morgan fingerprint density at radius 2 is 1.53 bits per heavy atom. The minimum atomic E-state index is -3.73. The van der Waals surface area contributed by atoms with Crippen molar-refractivity contribution in [1.29, 1.82) is 0 Å². The zero-order valence-electron chi connectivity index (χ0n) is 18.4. The van der Waals surface area contributed by atoms with Gasteiger partial charge >= 0.3 is 0 Å². The maximum Gasteiger partial charge on any atom is 0.288 e. The van der Waals surface area contributed by atoms with E-state index in [2.05, 4.69) is 40.3 Å². The van der Waals surface area contributed by atoms with Crippen molar-refractivity contribution < 1.29 is 8.42 Å². The molecule has 34 heavy (non-hydrogen) atoms. The number of benzene rings is 3. The quantitative estimate of drug-likeness (QED) is 0.281. The number of nitrogens with zero attached hydrogens (tertiary/aromatic N) is 3.